The van der Waals surface area contributed by atoms with Crippen molar-refractivity contribution >= 4 is 52.3 Å². The number of halogens is 2. The number of nitrogens with zero attached hydrogens (tertiary/aromatic N) is 4. The van der Waals surface area contributed by atoms with Crippen molar-refractivity contribution in [2.75, 3.05) is 33.7 Å². The fourth-order valence-electron chi connectivity index (χ4n) is 5.98. The molecule has 2 atom stereocenters. The number of amides is 2. The zero-order valence-electron chi connectivity index (χ0n) is 19.5. The monoisotopic (exact) mass is 532 g/mol. The van der Waals surface area contributed by atoms with Crippen LogP contribution in [-0.4, -0.2) is 69.9 Å². The van der Waals surface area contributed by atoms with E-state index in [1.807, 2.05) is 10.6 Å². The number of rotatable bonds is 4. The van der Waals surface area contributed by atoms with Crippen molar-refractivity contribution in [1.82, 2.24) is 19.3 Å². The summed E-state index contributed by atoms with van der Waals surface area (Å²) in [5.74, 6) is -0.293. The van der Waals surface area contributed by atoms with Crippen molar-refractivity contribution in [3.05, 3.63) is 68.1 Å². The average molecular weight is 533 g/mol. The highest BCUT2D eigenvalue weighted by molar-refractivity contribution is 7.80. The molecule has 2 saturated heterocycles. The van der Waals surface area contributed by atoms with Crippen molar-refractivity contribution in [1.29, 1.82) is 0 Å². The van der Waals surface area contributed by atoms with Crippen molar-refractivity contribution in [2.24, 2.45) is 11.3 Å². The molecule has 0 unspecified atom stereocenters. The molecular weight excluding hydrogens is 507 g/mol. The van der Waals surface area contributed by atoms with Gasteiger partial charge in [-0.15, -0.1) is 0 Å². The standard InChI is InChI=1S/C25H26Cl2N4O3S/c1-28-22(33)25(23(34)29(2)24(28)35,10-17-18(26)5-3-6-19(17)27)14-30-11-15-9-16(13-30)20-7-4-8-21(32)31(20)12-15/h3-8,15-16H,9-14H2,1-2H3/t15-,16-/m0/s1. The number of hydrogen-bond donors (Lipinski definition) is 0. The minimum absolute atomic E-state index is 0.0184. The van der Waals surface area contributed by atoms with Crippen LogP contribution in [0.3, 0.4) is 0 Å². The smallest absolute Gasteiger partial charge is 0.250 e. The molecule has 7 nitrogen and oxygen atoms in total. The van der Waals surface area contributed by atoms with Gasteiger partial charge in [-0.1, -0.05) is 35.3 Å². The quantitative estimate of drug-likeness (QED) is 0.447. The fraction of sp³-hybridized carbons (Fsp3) is 0.440. The highest BCUT2D eigenvalue weighted by Crippen LogP contribution is 2.41. The summed E-state index contributed by atoms with van der Waals surface area (Å²) in [6, 6.07) is 10.6. The van der Waals surface area contributed by atoms with Gasteiger partial charge in [-0.05, 0) is 54.7 Å². The van der Waals surface area contributed by atoms with Crippen molar-refractivity contribution in [2.45, 2.75) is 25.3 Å². The molecule has 0 aliphatic carbocycles. The molecule has 0 radical (unpaired) electrons. The van der Waals surface area contributed by atoms with Crippen LogP contribution in [-0.2, 0) is 22.6 Å². The number of pyridine rings is 1. The first-order valence-electron chi connectivity index (χ1n) is 11.6. The molecule has 1 aromatic carbocycles. The number of benzene rings is 1. The van der Waals surface area contributed by atoms with E-state index in [-0.39, 0.29) is 47.3 Å². The molecule has 184 valence electrons. The van der Waals surface area contributed by atoms with E-state index in [0.29, 0.717) is 35.2 Å². The molecule has 3 aliphatic heterocycles. The SMILES string of the molecule is CN1C(=O)C(Cc2c(Cl)cccc2Cl)(CN2C[C@@H]3C[C@@H](C2)c2cccc(=O)n2C3)C(=O)N(C)C1=S. The van der Waals surface area contributed by atoms with Crippen LogP contribution >= 0.6 is 35.4 Å². The number of thiocarbonyl (C=S) groups is 1. The molecular formula is C25H26Cl2N4O3S. The number of fused-ring (bicyclic) bond motifs is 4. The van der Waals surface area contributed by atoms with E-state index in [4.69, 9.17) is 35.4 Å². The Hall–Kier alpha value is -2.26. The molecule has 1 aromatic heterocycles. The molecule has 4 heterocycles. The third kappa shape index (κ3) is 4.00. The Morgan fingerprint density at radius 2 is 1.57 bits per heavy atom. The van der Waals surface area contributed by atoms with Crippen molar-refractivity contribution in [3.63, 3.8) is 0 Å². The molecule has 0 N–H and O–H groups in total. The molecule has 2 bridgehead atoms. The van der Waals surface area contributed by atoms with Crippen LogP contribution in [0.1, 0.15) is 23.6 Å². The summed E-state index contributed by atoms with van der Waals surface area (Å²) in [5, 5.41) is 1.00. The van der Waals surface area contributed by atoms with Crippen LogP contribution in [0.4, 0.5) is 0 Å². The summed E-state index contributed by atoms with van der Waals surface area (Å²) in [4.78, 5) is 45.0. The third-order valence-electron chi connectivity index (χ3n) is 7.59. The van der Waals surface area contributed by atoms with Gasteiger partial charge in [-0.3, -0.25) is 24.2 Å². The zero-order valence-corrected chi connectivity index (χ0v) is 21.9. The Labute approximate surface area is 219 Å². The predicted molar refractivity (Wildman–Crippen MR) is 139 cm³/mol. The van der Waals surface area contributed by atoms with E-state index in [0.717, 1.165) is 12.1 Å². The second-order valence-corrected chi connectivity index (χ2v) is 11.0. The molecule has 2 aromatic rings. The highest BCUT2D eigenvalue weighted by Gasteiger charge is 2.56. The van der Waals surface area contributed by atoms with Crippen molar-refractivity contribution in [3.8, 4) is 0 Å². The summed E-state index contributed by atoms with van der Waals surface area (Å²) < 4.78 is 1.87. The van der Waals surface area contributed by atoms with Gasteiger partial charge in [0.2, 0.25) is 11.8 Å². The second kappa shape index (κ2) is 9.00. The topological polar surface area (TPSA) is 65.9 Å². The summed E-state index contributed by atoms with van der Waals surface area (Å²) in [6.45, 7) is 2.19. The van der Waals surface area contributed by atoms with Gasteiger partial charge in [-0.2, -0.15) is 0 Å². The van der Waals surface area contributed by atoms with Gasteiger partial charge in [-0.25, -0.2) is 0 Å². The van der Waals surface area contributed by atoms with Crippen LogP contribution in [0.25, 0.3) is 0 Å². The normalized spacial score (nSPS) is 24.1. The molecule has 2 amide bonds. The molecule has 0 saturated carbocycles. The lowest BCUT2D eigenvalue weighted by molar-refractivity contribution is -0.157. The minimum atomic E-state index is -1.43. The van der Waals surface area contributed by atoms with Gasteiger partial charge in [0, 0.05) is 68.0 Å². The lowest BCUT2D eigenvalue weighted by atomic mass is 9.75. The molecule has 10 heteroatoms. The van der Waals surface area contributed by atoms with E-state index in [1.54, 1.807) is 44.4 Å². The first-order chi connectivity index (χ1) is 16.6. The van der Waals surface area contributed by atoms with Crippen LogP contribution in [0.15, 0.2) is 41.2 Å². The average Bonchev–Trinajstić information content (AvgIpc) is 2.83. The molecule has 5 rings (SSSR count). The lowest BCUT2D eigenvalue weighted by Crippen LogP contribution is -2.67. The molecule has 0 spiro atoms. The molecule has 35 heavy (non-hydrogen) atoms. The van der Waals surface area contributed by atoms with E-state index < -0.39 is 5.41 Å². The number of aromatic nitrogens is 1. The first kappa shape index (κ1) is 24.4. The summed E-state index contributed by atoms with van der Waals surface area (Å²) >= 11 is 18.3. The van der Waals surface area contributed by atoms with E-state index in [1.165, 1.54) is 9.80 Å². The van der Waals surface area contributed by atoms with Crippen LogP contribution in [0.2, 0.25) is 10.0 Å². The summed E-state index contributed by atoms with van der Waals surface area (Å²) in [7, 11) is 3.20. The largest absolute Gasteiger partial charge is 0.312 e. The maximum Gasteiger partial charge on any atom is 0.250 e. The van der Waals surface area contributed by atoms with Gasteiger partial charge in [0.05, 0.1) is 0 Å². The Bertz CT molecular complexity index is 1250. The fourth-order valence-corrected chi connectivity index (χ4v) is 6.68. The summed E-state index contributed by atoms with van der Waals surface area (Å²) in [5.41, 5.74) is 0.173. The third-order valence-corrected chi connectivity index (χ3v) is 8.85. The van der Waals surface area contributed by atoms with E-state index in [2.05, 4.69) is 4.90 Å². The van der Waals surface area contributed by atoms with Gasteiger partial charge < -0.3 is 9.47 Å². The number of hydrogen-bond acceptors (Lipinski definition) is 5. The Balaban J connectivity index is 1.54. The van der Waals surface area contributed by atoms with Gasteiger partial charge in [0.15, 0.2) is 5.11 Å². The summed E-state index contributed by atoms with van der Waals surface area (Å²) in [6.07, 6.45) is 1.05. The Morgan fingerprint density at radius 3 is 2.23 bits per heavy atom. The first-order valence-corrected chi connectivity index (χ1v) is 12.7. The van der Waals surface area contributed by atoms with E-state index >= 15 is 0 Å². The Morgan fingerprint density at radius 1 is 0.943 bits per heavy atom. The Kier molecular flexibility index (Phi) is 6.28. The number of piperidine rings is 1. The molecule has 2 fully saturated rings. The van der Waals surface area contributed by atoms with Gasteiger partial charge in [0.25, 0.3) is 5.56 Å². The zero-order chi connectivity index (χ0) is 25.1. The van der Waals surface area contributed by atoms with E-state index in [9.17, 15) is 14.4 Å². The molecule has 3 aliphatic rings. The van der Waals surface area contributed by atoms with Crippen LogP contribution in [0, 0.1) is 11.3 Å². The maximum absolute atomic E-state index is 13.8. The highest BCUT2D eigenvalue weighted by atomic mass is 35.5. The van der Waals surface area contributed by atoms with Crippen molar-refractivity contribution < 1.29 is 9.59 Å². The van der Waals surface area contributed by atoms with Crippen LogP contribution < -0.4 is 5.56 Å². The number of likely N-dealkylation sites (tertiary alicyclic amines) is 1. The van der Waals surface area contributed by atoms with Gasteiger partial charge in [0.1, 0.15) is 5.41 Å². The number of carbonyl (C=O) groups is 2. The lowest BCUT2D eigenvalue weighted by Gasteiger charge is -2.48. The van der Waals surface area contributed by atoms with Gasteiger partial charge >= 0.3 is 0 Å². The van der Waals surface area contributed by atoms with Crippen LogP contribution in [0.5, 0.6) is 0 Å². The second-order valence-electron chi connectivity index (χ2n) is 9.86. The minimum Gasteiger partial charge on any atom is -0.312 e. The number of carbonyl (C=O) groups excluding carboxylic acids is 2. The maximum atomic E-state index is 13.8. The predicted octanol–water partition coefficient (Wildman–Crippen LogP) is 3.02.